The maximum atomic E-state index is 2.22. The summed E-state index contributed by atoms with van der Waals surface area (Å²) in [6, 6.07) is 0.588. The summed E-state index contributed by atoms with van der Waals surface area (Å²) in [6.07, 6.45) is 18.2. The first-order chi connectivity index (χ1) is 6.61. The molecule has 0 unspecified atom stereocenters. The van der Waals surface area contributed by atoms with Crippen LogP contribution in [-0.2, 0) is 26.2 Å². The van der Waals surface area contributed by atoms with Gasteiger partial charge in [0.2, 0.25) is 0 Å². The van der Waals surface area contributed by atoms with Crippen LogP contribution >= 0.6 is 0 Å². The van der Waals surface area contributed by atoms with Crippen molar-refractivity contribution in [2.45, 2.75) is 12.5 Å². The predicted molar refractivity (Wildman–Crippen MR) is 63.0 cm³/mol. The van der Waals surface area contributed by atoms with E-state index in [4.69, 9.17) is 0 Å². The van der Waals surface area contributed by atoms with Crippen LogP contribution in [0.5, 0.6) is 0 Å². The number of hydrogen-bond acceptors (Lipinski definition) is 0. The Bertz CT molecular complexity index is 257. The fourth-order valence-electron chi connectivity index (χ4n) is 1.33. The van der Waals surface area contributed by atoms with Crippen molar-refractivity contribution in [1.29, 1.82) is 0 Å². The van der Waals surface area contributed by atoms with Crippen molar-refractivity contribution < 1.29 is 30.7 Å². The van der Waals surface area contributed by atoms with Gasteiger partial charge in [-0.15, -0.1) is 0 Å². The zero-order valence-corrected chi connectivity index (χ0v) is 12.3. The largest absolute Gasteiger partial charge is 0.322 e. The molecule has 0 radical (unpaired) electrons. The van der Waals surface area contributed by atoms with E-state index in [9.17, 15) is 0 Å². The Balaban J connectivity index is 0.000000280. The molecule has 0 aliphatic heterocycles. The molecular weight excluding hydrogens is 261 g/mol. The third-order valence-corrected chi connectivity index (χ3v) is 2.28. The molecule has 0 aromatic rings. The maximum Gasteiger partial charge on any atom is 0.126 e. The summed E-state index contributed by atoms with van der Waals surface area (Å²) in [7, 11) is 6.60. The van der Waals surface area contributed by atoms with Gasteiger partial charge >= 0.3 is 0 Å². The van der Waals surface area contributed by atoms with E-state index in [1.165, 1.54) is 0 Å². The Morgan fingerprint density at radius 1 is 0.867 bits per heavy atom. The smallest absolute Gasteiger partial charge is 0.126 e. The van der Waals surface area contributed by atoms with E-state index in [0.29, 0.717) is 6.04 Å². The summed E-state index contributed by atoms with van der Waals surface area (Å²) in [5.41, 5.74) is 0. The van der Waals surface area contributed by atoms with E-state index < -0.39 is 0 Å². The number of likely N-dealkylation sites (N-methyl/N-ethyl adjacent to an activating group) is 1. The fraction of sp³-hybridized carbons (Fsp3) is 0.385. The van der Waals surface area contributed by atoms with Gasteiger partial charge in [-0.05, 0) is 18.6 Å². The van der Waals surface area contributed by atoms with Crippen LogP contribution in [0.1, 0.15) is 6.42 Å². The zero-order valence-electron chi connectivity index (χ0n) is 9.85. The molecule has 15 heavy (non-hydrogen) atoms. The molecule has 2 aliphatic rings. The summed E-state index contributed by atoms with van der Waals surface area (Å²) in [6.45, 7) is 0. The van der Waals surface area contributed by atoms with E-state index in [-0.39, 0.29) is 26.2 Å². The van der Waals surface area contributed by atoms with Crippen LogP contribution < -0.4 is 0 Å². The maximum absolute atomic E-state index is 2.22. The monoisotopic (exact) mass is 280 g/mol. The van der Waals surface area contributed by atoms with Crippen molar-refractivity contribution in [2.24, 2.45) is 0 Å². The first-order valence-electron chi connectivity index (χ1n) is 5.08. The van der Waals surface area contributed by atoms with Crippen molar-refractivity contribution in [3.05, 3.63) is 48.6 Å². The zero-order chi connectivity index (χ0) is 10.4. The molecule has 0 aromatic heterocycles. The molecule has 0 N–H and O–H groups in total. The summed E-state index contributed by atoms with van der Waals surface area (Å²) in [5, 5.41) is 0. The summed E-state index contributed by atoms with van der Waals surface area (Å²) in [4.78, 5) is 0. The molecular formula is C13H20NZr+. The molecule has 2 aliphatic carbocycles. The number of quaternary nitrogens is 1. The molecule has 0 aromatic carbocycles. The molecule has 80 valence electrons. The van der Waals surface area contributed by atoms with Gasteiger partial charge in [-0.3, -0.25) is 0 Å². The van der Waals surface area contributed by atoms with Crippen LogP contribution in [0.25, 0.3) is 0 Å². The van der Waals surface area contributed by atoms with Gasteiger partial charge in [0.25, 0.3) is 0 Å². The summed E-state index contributed by atoms with van der Waals surface area (Å²) < 4.78 is 0.993. The molecule has 2 heteroatoms. The number of allylic oxidation sites excluding steroid dienone is 6. The van der Waals surface area contributed by atoms with Gasteiger partial charge in [0.1, 0.15) is 6.04 Å². The average molecular weight is 282 g/mol. The Morgan fingerprint density at radius 2 is 1.33 bits per heavy atom. The molecule has 2 rings (SSSR count). The molecule has 0 heterocycles. The van der Waals surface area contributed by atoms with Crippen molar-refractivity contribution in [2.75, 3.05) is 21.1 Å². The Labute approximate surface area is 113 Å². The third kappa shape index (κ3) is 6.07. The van der Waals surface area contributed by atoms with Crippen molar-refractivity contribution >= 4 is 0 Å². The predicted octanol–water partition coefficient (Wildman–Crippen LogP) is 2.69. The number of hydrogen-bond donors (Lipinski definition) is 0. The summed E-state index contributed by atoms with van der Waals surface area (Å²) in [5.74, 6) is 0. The van der Waals surface area contributed by atoms with Crippen LogP contribution in [0.2, 0.25) is 0 Å². The SMILES string of the molecule is C1=CCC=C1.C[N+](C)(C)C1C=CC=C1.[Zr]. The fourth-order valence-corrected chi connectivity index (χ4v) is 1.33. The first-order valence-corrected chi connectivity index (χ1v) is 5.08. The number of rotatable bonds is 1. The average Bonchev–Trinajstić information content (AvgIpc) is 2.80. The normalized spacial score (nSPS) is 17.5. The van der Waals surface area contributed by atoms with Crippen molar-refractivity contribution in [3.63, 3.8) is 0 Å². The molecule has 0 saturated heterocycles. The molecule has 0 saturated carbocycles. The van der Waals surface area contributed by atoms with Gasteiger partial charge in [-0.1, -0.05) is 36.5 Å². The molecule has 0 spiro atoms. The van der Waals surface area contributed by atoms with Gasteiger partial charge in [0.05, 0.1) is 21.1 Å². The third-order valence-electron chi connectivity index (χ3n) is 2.28. The van der Waals surface area contributed by atoms with E-state index in [1.54, 1.807) is 0 Å². The minimum absolute atomic E-state index is 0. The van der Waals surface area contributed by atoms with Gasteiger partial charge in [0, 0.05) is 26.2 Å². The quantitative estimate of drug-likeness (QED) is 0.648. The van der Waals surface area contributed by atoms with Crippen molar-refractivity contribution in [1.82, 2.24) is 0 Å². The van der Waals surface area contributed by atoms with Gasteiger partial charge in [-0.2, -0.15) is 0 Å². The Hall–Kier alpha value is -0.197. The summed E-state index contributed by atoms with van der Waals surface area (Å²) >= 11 is 0. The minimum Gasteiger partial charge on any atom is -0.322 e. The Kier molecular flexibility index (Phi) is 7.04. The van der Waals surface area contributed by atoms with Gasteiger partial charge in [-0.25, -0.2) is 0 Å². The van der Waals surface area contributed by atoms with Crippen LogP contribution in [0.3, 0.4) is 0 Å². The first kappa shape index (κ1) is 14.8. The molecule has 1 nitrogen and oxygen atoms in total. The van der Waals surface area contributed by atoms with Crippen LogP contribution in [0.4, 0.5) is 0 Å². The molecule has 0 atom stereocenters. The topological polar surface area (TPSA) is 0 Å². The second-order valence-electron chi connectivity index (χ2n) is 4.47. The van der Waals surface area contributed by atoms with Crippen molar-refractivity contribution in [3.8, 4) is 0 Å². The standard InChI is InChI=1S/C8H14N.C5H6.Zr/c1-9(2,3)8-6-4-5-7-8;1-2-4-5-3-1;/h4-8H,1-3H3;1-4H,5H2;/q+1;;. The molecule has 0 amide bonds. The van der Waals surface area contributed by atoms with Gasteiger partial charge < -0.3 is 4.48 Å². The van der Waals surface area contributed by atoms with E-state index in [1.807, 2.05) is 0 Å². The van der Waals surface area contributed by atoms with Crippen LogP contribution in [0.15, 0.2) is 48.6 Å². The second kappa shape index (κ2) is 7.14. The Morgan fingerprint density at radius 3 is 1.53 bits per heavy atom. The van der Waals surface area contributed by atoms with Crippen LogP contribution in [-0.4, -0.2) is 31.7 Å². The second-order valence-corrected chi connectivity index (χ2v) is 4.47. The molecule has 0 fully saturated rings. The minimum atomic E-state index is 0. The molecule has 0 bridgehead atoms. The van der Waals surface area contributed by atoms with E-state index in [2.05, 4.69) is 69.8 Å². The van der Waals surface area contributed by atoms with E-state index >= 15 is 0 Å². The van der Waals surface area contributed by atoms with E-state index in [0.717, 1.165) is 10.9 Å². The van der Waals surface area contributed by atoms with Crippen LogP contribution in [0, 0.1) is 0 Å². The van der Waals surface area contributed by atoms with Gasteiger partial charge in [0.15, 0.2) is 0 Å². The number of nitrogens with zero attached hydrogens (tertiary/aromatic N) is 1.